The number of hydrogen-bond acceptors (Lipinski definition) is 5. The smallest absolute Gasteiger partial charge is 0.225 e. The van der Waals surface area contributed by atoms with Crippen molar-refractivity contribution in [1.29, 1.82) is 0 Å². The molecule has 3 rings (SSSR count). The van der Waals surface area contributed by atoms with Crippen LogP contribution < -0.4 is 10.1 Å². The summed E-state index contributed by atoms with van der Waals surface area (Å²) in [5.41, 5.74) is 0.820. The second-order valence-electron chi connectivity index (χ2n) is 8.50. The van der Waals surface area contributed by atoms with Crippen LogP contribution in [0.15, 0.2) is 35.8 Å². The van der Waals surface area contributed by atoms with Crippen LogP contribution in [0.1, 0.15) is 50.2 Å². The molecule has 28 heavy (non-hydrogen) atoms. The number of para-hydroxylation sites is 1. The van der Waals surface area contributed by atoms with Crippen molar-refractivity contribution in [3.05, 3.63) is 46.4 Å². The van der Waals surface area contributed by atoms with Gasteiger partial charge in [-0.15, -0.1) is 11.3 Å². The fourth-order valence-electron chi connectivity index (χ4n) is 3.65. The fourth-order valence-corrected chi connectivity index (χ4v) is 4.43. The molecule has 1 aromatic heterocycles. The molecule has 152 valence electrons. The van der Waals surface area contributed by atoms with E-state index in [1.54, 1.807) is 18.4 Å². The fraction of sp³-hybridized carbons (Fsp3) is 0.545. The van der Waals surface area contributed by atoms with Gasteiger partial charge in [0, 0.05) is 29.1 Å². The maximum Gasteiger partial charge on any atom is 0.225 e. The average Bonchev–Trinajstić information content (AvgIpc) is 3.21. The maximum absolute atomic E-state index is 12.6. The number of aromatic nitrogens is 1. The third-order valence-corrected chi connectivity index (χ3v) is 6.23. The number of methoxy groups -OCH3 is 1. The van der Waals surface area contributed by atoms with Gasteiger partial charge < -0.3 is 10.1 Å². The summed E-state index contributed by atoms with van der Waals surface area (Å²) in [6.07, 6.45) is 3.92. The first-order valence-corrected chi connectivity index (χ1v) is 10.8. The summed E-state index contributed by atoms with van der Waals surface area (Å²) in [4.78, 5) is 19.6. The number of ether oxygens (including phenoxy) is 1. The summed E-state index contributed by atoms with van der Waals surface area (Å²) in [5, 5.41) is 6.29. The van der Waals surface area contributed by atoms with Gasteiger partial charge in [-0.3, -0.25) is 9.69 Å². The summed E-state index contributed by atoms with van der Waals surface area (Å²) < 4.78 is 5.49. The van der Waals surface area contributed by atoms with E-state index in [9.17, 15) is 4.79 Å². The lowest BCUT2D eigenvalue weighted by Gasteiger charge is -2.36. The number of carbonyl (C=O) groups is 1. The number of nitrogens with zero attached hydrogens (tertiary/aromatic N) is 2. The SMILES string of the molecule is COc1ccccc1CN1CCC([C@H](NC(=O)C(C)(C)C)c2nccs2)CC1. The largest absolute Gasteiger partial charge is 0.496 e. The Morgan fingerprint density at radius 1 is 1.32 bits per heavy atom. The van der Waals surface area contributed by atoms with Gasteiger partial charge in [-0.1, -0.05) is 39.0 Å². The van der Waals surface area contributed by atoms with Crippen LogP contribution in [0, 0.1) is 11.3 Å². The number of amides is 1. The Hall–Kier alpha value is -1.92. The van der Waals surface area contributed by atoms with Crippen LogP contribution in [-0.2, 0) is 11.3 Å². The normalized spacial score (nSPS) is 17.3. The molecule has 6 heteroatoms. The number of hydrogen-bond donors (Lipinski definition) is 1. The number of likely N-dealkylation sites (tertiary alicyclic amines) is 1. The lowest BCUT2D eigenvalue weighted by atomic mass is 9.87. The van der Waals surface area contributed by atoms with Crippen molar-refractivity contribution in [2.45, 2.75) is 46.2 Å². The minimum atomic E-state index is -0.403. The van der Waals surface area contributed by atoms with Gasteiger partial charge in [0.25, 0.3) is 0 Å². The molecule has 1 saturated heterocycles. The molecule has 5 nitrogen and oxygen atoms in total. The van der Waals surface area contributed by atoms with Gasteiger partial charge in [0.2, 0.25) is 5.91 Å². The number of rotatable bonds is 6. The lowest BCUT2D eigenvalue weighted by Crippen LogP contribution is -2.43. The summed E-state index contributed by atoms with van der Waals surface area (Å²) in [5.74, 6) is 1.44. The van der Waals surface area contributed by atoms with Crippen LogP contribution in [0.25, 0.3) is 0 Å². The van der Waals surface area contributed by atoms with E-state index in [-0.39, 0.29) is 11.9 Å². The Kier molecular flexibility index (Phi) is 6.73. The Morgan fingerprint density at radius 3 is 2.64 bits per heavy atom. The minimum Gasteiger partial charge on any atom is -0.496 e. The highest BCUT2D eigenvalue weighted by atomic mass is 32.1. The summed E-state index contributed by atoms with van der Waals surface area (Å²) in [6, 6.07) is 8.21. The van der Waals surface area contributed by atoms with E-state index in [0.717, 1.165) is 43.2 Å². The molecule has 1 atom stereocenters. The second kappa shape index (κ2) is 9.05. The monoisotopic (exact) mass is 401 g/mol. The van der Waals surface area contributed by atoms with Crippen molar-refractivity contribution < 1.29 is 9.53 Å². The highest BCUT2D eigenvalue weighted by Gasteiger charge is 2.33. The highest BCUT2D eigenvalue weighted by molar-refractivity contribution is 7.09. The maximum atomic E-state index is 12.6. The lowest BCUT2D eigenvalue weighted by molar-refractivity contribution is -0.129. The molecule has 0 unspecified atom stereocenters. The molecule has 1 amide bonds. The van der Waals surface area contributed by atoms with Crippen molar-refractivity contribution in [2.24, 2.45) is 11.3 Å². The second-order valence-corrected chi connectivity index (χ2v) is 9.42. The van der Waals surface area contributed by atoms with E-state index in [1.807, 2.05) is 44.5 Å². The quantitative estimate of drug-likeness (QED) is 0.785. The molecule has 0 saturated carbocycles. The number of nitrogens with one attached hydrogen (secondary N) is 1. The molecule has 0 bridgehead atoms. The Balaban J connectivity index is 1.64. The Morgan fingerprint density at radius 2 is 2.04 bits per heavy atom. The highest BCUT2D eigenvalue weighted by Crippen LogP contribution is 2.33. The predicted molar refractivity (Wildman–Crippen MR) is 113 cm³/mol. The molecular weight excluding hydrogens is 370 g/mol. The zero-order valence-corrected chi connectivity index (χ0v) is 18.1. The van der Waals surface area contributed by atoms with Gasteiger partial charge >= 0.3 is 0 Å². The molecule has 1 aliphatic rings. The van der Waals surface area contributed by atoms with Crippen molar-refractivity contribution >= 4 is 17.2 Å². The van der Waals surface area contributed by atoms with E-state index < -0.39 is 5.41 Å². The van der Waals surface area contributed by atoms with Crippen molar-refractivity contribution in [3.63, 3.8) is 0 Å². The molecule has 1 fully saturated rings. The van der Waals surface area contributed by atoms with E-state index in [1.165, 1.54) is 5.56 Å². The molecule has 2 heterocycles. The van der Waals surface area contributed by atoms with E-state index in [2.05, 4.69) is 27.3 Å². The van der Waals surface area contributed by atoms with Gasteiger partial charge in [0.05, 0.1) is 13.2 Å². The average molecular weight is 402 g/mol. The first kappa shape index (κ1) is 20.8. The zero-order valence-electron chi connectivity index (χ0n) is 17.3. The van der Waals surface area contributed by atoms with Gasteiger partial charge in [0.15, 0.2) is 0 Å². The Bertz CT molecular complexity index is 762. The first-order valence-electron chi connectivity index (χ1n) is 9.93. The molecule has 1 aromatic carbocycles. The molecule has 0 aliphatic carbocycles. The predicted octanol–water partition coefficient (Wildman–Crippen LogP) is 4.27. The summed E-state index contributed by atoms with van der Waals surface area (Å²) in [6.45, 7) is 8.78. The minimum absolute atomic E-state index is 0.000126. The van der Waals surface area contributed by atoms with Crippen LogP contribution in [-0.4, -0.2) is 36.0 Å². The number of carbonyl (C=O) groups excluding carboxylic acids is 1. The summed E-state index contributed by atoms with van der Waals surface area (Å²) >= 11 is 1.63. The van der Waals surface area contributed by atoms with Crippen LogP contribution in [0.3, 0.4) is 0 Å². The third kappa shape index (κ3) is 5.11. The molecule has 0 radical (unpaired) electrons. The Labute approximate surface area is 172 Å². The first-order chi connectivity index (χ1) is 13.4. The molecule has 1 N–H and O–H groups in total. The van der Waals surface area contributed by atoms with Crippen LogP contribution in [0.2, 0.25) is 0 Å². The van der Waals surface area contributed by atoms with Gasteiger partial charge in [-0.05, 0) is 37.9 Å². The van der Waals surface area contributed by atoms with Gasteiger partial charge in [-0.25, -0.2) is 4.98 Å². The zero-order chi connectivity index (χ0) is 20.1. The van der Waals surface area contributed by atoms with Gasteiger partial charge in [-0.2, -0.15) is 0 Å². The van der Waals surface area contributed by atoms with Crippen molar-refractivity contribution in [2.75, 3.05) is 20.2 Å². The standard InChI is InChI=1S/C22H31N3O2S/c1-22(2,3)21(26)24-19(20-23-11-14-28-20)16-9-12-25(13-10-16)15-17-7-5-6-8-18(17)27-4/h5-8,11,14,16,19H,9-10,12-13,15H2,1-4H3,(H,24,26)/t19-/m0/s1. The van der Waals surface area contributed by atoms with Crippen molar-refractivity contribution in [1.82, 2.24) is 15.2 Å². The van der Waals surface area contributed by atoms with Crippen LogP contribution in [0.5, 0.6) is 5.75 Å². The van der Waals surface area contributed by atoms with E-state index in [4.69, 9.17) is 4.74 Å². The summed E-state index contributed by atoms with van der Waals surface area (Å²) in [7, 11) is 1.72. The molecule has 2 aromatic rings. The molecule has 1 aliphatic heterocycles. The number of benzene rings is 1. The van der Waals surface area contributed by atoms with E-state index in [0.29, 0.717) is 5.92 Å². The van der Waals surface area contributed by atoms with Gasteiger partial charge in [0.1, 0.15) is 10.8 Å². The van der Waals surface area contributed by atoms with Crippen molar-refractivity contribution in [3.8, 4) is 5.75 Å². The number of thiazole rings is 1. The molecule has 0 spiro atoms. The van der Waals surface area contributed by atoms with Crippen LogP contribution >= 0.6 is 11.3 Å². The molecular formula is C22H31N3O2S. The van der Waals surface area contributed by atoms with Crippen LogP contribution in [0.4, 0.5) is 0 Å². The topological polar surface area (TPSA) is 54.5 Å². The third-order valence-electron chi connectivity index (χ3n) is 5.38. The van der Waals surface area contributed by atoms with E-state index >= 15 is 0 Å². The number of piperidine rings is 1.